The van der Waals surface area contributed by atoms with Gasteiger partial charge in [0.15, 0.2) is 28.2 Å². The first-order valence-electron chi connectivity index (χ1n) is 14.3. The SMILES string of the molecule is CCN(CC(=O)N(Cc1ccc(C2CCCCC2)cn1)c1ccc2c(=O)[nH]ccc2c1)S(=O)(=O)c1c(F)c(F)c(F)c(F)c1F. The standard InChI is InChI=1S/C31H29F5N4O4S/c1-2-39(45(43,44)30-28(35)26(33)25(32)27(34)29(30)36)17-24(41)40(22-10-11-23-19(14-22)12-13-37-31(23)42)16-21-9-8-20(15-38-21)18-6-4-3-5-7-18/h8-15,18H,2-7,16-17H2,1H3,(H,37,42). The highest BCUT2D eigenvalue weighted by molar-refractivity contribution is 7.89. The predicted molar refractivity (Wildman–Crippen MR) is 156 cm³/mol. The first-order valence-corrected chi connectivity index (χ1v) is 15.8. The van der Waals surface area contributed by atoms with Crippen molar-refractivity contribution >= 4 is 32.4 Å². The van der Waals surface area contributed by atoms with E-state index in [1.54, 1.807) is 18.3 Å². The van der Waals surface area contributed by atoms with Crippen molar-refractivity contribution in [2.75, 3.05) is 18.0 Å². The molecule has 2 aromatic carbocycles. The minimum absolute atomic E-state index is 0.154. The molecular formula is C31H29F5N4O4S. The van der Waals surface area contributed by atoms with Gasteiger partial charge in [0.1, 0.15) is 0 Å². The molecule has 0 saturated heterocycles. The molecular weight excluding hydrogens is 619 g/mol. The number of halogens is 5. The molecule has 0 radical (unpaired) electrons. The van der Waals surface area contributed by atoms with E-state index in [0.29, 0.717) is 26.7 Å². The number of nitrogens with one attached hydrogen (secondary N) is 1. The second-order valence-electron chi connectivity index (χ2n) is 10.8. The van der Waals surface area contributed by atoms with Crippen molar-refractivity contribution in [2.45, 2.75) is 56.4 Å². The first kappa shape index (κ1) is 32.2. The molecule has 0 atom stereocenters. The zero-order valence-electron chi connectivity index (χ0n) is 24.1. The number of H-pyrrole nitrogens is 1. The predicted octanol–water partition coefficient (Wildman–Crippen LogP) is 5.91. The Hall–Kier alpha value is -4.17. The molecule has 45 heavy (non-hydrogen) atoms. The number of rotatable bonds is 9. The second kappa shape index (κ2) is 13.1. The number of nitrogens with zero attached hydrogens (tertiary/aromatic N) is 3. The van der Waals surface area contributed by atoms with E-state index < -0.39 is 63.0 Å². The normalized spacial score (nSPS) is 14.3. The maximum Gasteiger partial charge on any atom is 0.255 e. The van der Waals surface area contributed by atoms with Gasteiger partial charge in [0.05, 0.1) is 18.8 Å². The number of benzene rings is 2. The summed E-state index contributed by atoms with van der Waals surface area (Å²) in [7, 11) is -5.39. The summed E-state index contributed by atoms with van der Waals surface area (Å²) in [5.41, 5.74) is 1.39. The summed E-state index contributed by atoms with van der Waals surface area (Å²) in [5.74, 6) is -12.9. The summed E-state index contributed by atoms with van der Waals surface area (Å²) in [6.45, 7) is -0.456. The van der Waals surface area contributed by atoms with Crippen LogP contribution in [-0.2, 0) is 21.4 Å². The number of sulfonamides is 1. The van der Waals surface area contributed by atoms with Gasteiger partial charge in [-0.1, -0.05) is 32.3 Å². The Kier molecular flexibility index (Phi) is 9.35. The van der Waals surface area contributed by atoms with E-state index in [4.69, 9.17) is 0 Å². The highest BCUT2D eigenvalue weighted by atomic mass is 32.2. The molecule has 0 unspecified atom stereocenters. The number of anilines is 1. The lowest BCUT2D eigenvalue weighted by Gasteiger charge is -2.27. The van der Waals surface area contributed by atoms with E-state index in [9.17, 15) is 40.0 Å². The molecule has 1 fully saturated rings. The fourth-order valence-corrected chi connectivity index (χ4v) is 7.09. The Labute approximate surface area is 255 Å². The highest BCUT2D eigenvalue weighted by Gasteiger charge is 2.38. The van der Waals surface area contributed by atoms with Crippen LogP contribution in [0.4, 0.5) is 27.6 Å². The van der Waals surface area contributed by atoms with Crippen LogP contribution in [0.5, 0.6) is 0 Å². The average molecular weight is 649 g/mol. The number of likely N-dealkylation sites (N-methyl/N-ethyl adjacent to an activating group) is 1. The highest BCUT2D eigenvalue weighted by Crippen LogP contribution is 2.33. The maximum atomic E-state index is 14.5. The van der Waals surface area contributed by atoms with Crippen molar-refractivity contribution in [1.82, 2.24) is 14.3 Å². The fourth-order valence-electron chi connectivity index (χ4n) is 5.58. The van der Waals surface area contributed by atoms with Crippen molar-refractivity contribution in [2.24, 2.45) is 0 Å². The van der Waals surface area contributed by atoms with Crippen molar-refractivity contribution in [3.05, 3.63) is 99.5 Å². The third kappa shape index (κ3) is 6.34. The van der Waals surface area contributed by atoms with E-state index in [0.717, 1.165) is 31.2 Å². The van der Waals surface area contributed by atoms with Gasteiger partial charge in [0.25, 0.3) is 5.56 Å². The molecule has 0 bridgehead atoms. The molecule has 1 aliphatic rings. The van der Waals surface area contributed by atoms with Gasteiger partial charge < -0.3 is 9.88 Å². The van der Waals surface area contributed by atoms with Crippen LogP contribution in [0.3, 0.4) is 0 Å². The number of pyridine rings is 2. The monoisotopic (exact) mass is 648 g/mol. The van der Waals surface area contributed by atoms with Gasteiger partial charge in [0, 0.05) is 30.0 Å². The molecule has 1 N–H and O–H groups in total. The topological polar surface area (TPSA) is 103 Å². The van der Waals surface area contributed by atoms with Crippen molar-refractivity contribution in [1.29, 1.82) is 0 Å². The summed E-state index contributed by atoms with van der Waals surface area (Å²) in [4.78, 5) is 32.2. The number of aromatic amines is 1. The van der Waals surface area contributed by atoms with Gasteiger partial charge >= 0.3 is 0 Å². The molecule has 0 aliphatic heterocycles. The van der Waals surface area contributed by atoms with Crippen LogP contribution in [0.2, 0.25) is 0 Å². The Morgan fingerprint density at radius 3 is 2.22 bits per heavy atom. The number of hydrogen-bond acceptors (Lipinski definition) is 5. The second-order valence-corrected chi connectivity index (χ2v) is 12.7. The summed E-state index contributed by atoms with van der Waals surface area (Å²) in [5, 5.41) is 0.795. The van der Waals surface area contributed by atoms with E-state index in [1.165, 1.54) is 42.6 Å². The first-order chi connectivity index (χ1) is 21.4. The maximum absolute atomic E-state index is 14.5. The number of carbonyl (C=O) groups is 1. The Morgan fingerprint density at radius 2 is 1.60 bits per heavy atom. The average Bonchev–Trinajstić information content (AvgIpc) is 3.04. The third-order valence-corrected chi connectivity index (χ3v) is 9.99. The molecule has 8 nitrogen and oxygen atoms in total. The number of amides is 1. The quantitative estimate of drug-likeness (QED) is 0.138. The van der Waals surface area contributed by atoms with Crippen LogP contribution in [0.25, 0.3) is 10.8 Å². The van der Waals surface area contributed by atoms with Crippen molar-refractivity contribution in [3.63, 3.8) is 0 Å². The van der Waals surface area contributed by atoms with Gasteiger partial charge in [-0.05, 0) is 60.0 Å². The number of hydrogen-bond donors (Lipinski definition) is 1. The van der Waals surface area contributed by atoms with Gasteiger partial charge in [-0.2, -0.15) is 4.31 Å². The zero-order valence-corrected chi connectivity index (χ0v) is 24.9. The Bertz CT molecular complexity index is 1880. The lowest BCUT2D eigenvalue weighted by molar-refractivity contribution is -0.119. The van der Waals surface area contributed by atoms with Crippen LogP contribution in [0.15, 0.2) is 58.5 Å². The molecule has 0 spiro atoms. The molecule has 1 amide bonds. The summed E-state index contributed by atoms with van der Waals surface area (Å²) < 4.78 is 97.3. The third-order valence-electron chi connectivity index (χ3n) is 8.05. The number of carbonyl (C=O) groups excluding carboxylic acids is 1. The van der Waals surface area contributed by atoms with Gasteiger partial charge in [-0.15, -0.1) is 0 Å². The smallest absolute Gasteiger partial charge is 0.255 e. The molecule has 5 rings (SSSR count). The molecule has 238 valence electrons. The van der Waals surface area contributed by atoms with Gasteiger partial charge in [-0.25, -0.2) is 30.4 Å². The zero-order chi connectivity index (χ0) is 32.5. The van der Waals surface area contributed by atoms with Gasteiger partial charge in [-0.3, -0.25) is 14.6 Å². The minimum atomic E-state index is -5.39. The molecule has 2 heterocycles. The Morgan fingerprint density at radius 1 is 0.933 bits per heavy atom. The van der Waals surface area contributed by atoms with Crippen LogP contribution in [-0.4, -0.2) is 41.7 Å². The van der Waals surface area contributed by atoms with Crippen molar-refractivity contribution in [3.8, 4) is 0 Å². The Balaban J connectivity index is 1.50. The fraction of sp³-hybridized carbons (Fsp3) is 0.323. The molecule has 14 heteroatoms. The van der Waals surface area contributed by atoms with E-state index in [-0.39, 0.29) is 17.8 Å². The van der Waals surface area contributed by atoms with Crippen LogP contribution in [0.1, 0.15) is 56.2 Å². The number of aromatic nitrogens is 2. The lowest BCUT2D eigenvalue weighted by Crippen LogP contribution is -2.43. The minimum Gasteiger partial charge on any atom is -0.329 e. The van der Waals surface area contributed by atoms with Crippen LogP contribution >= 0.6 is 0 Å². The molecule has 1 saturated carbocycles. The number of fused-ring (bicyclic) bond motifs is 1. The molecule has 2 aromatic heterocycles. The van der Waals surface area contributed by atoms with Gasteiger partial charge in [0.2, 0.25) is 21.7 Å². The molecule has 1 aliphatic carbocycles. The van der Waals surface area contributed by atoms with Crippen LogP contribution in [0, 0.1) is 29.1 Å². The summed E-state index contributed by atoms with van der Waals surface area (Å²) in [6.07, 6.45) is 8.69. The summed E-state index contributed by atoms with van der Waals surface area (Å²) in [6, 6.07) is 9.76. The van der Waals surface area contributed by atoms with Crippen molar-refractivity contribution < 1.29 is 35.2 Å². The van der Waals surface area contributed by atoms with E-state index in [2.05, 4.69) is 9.97 Å². The van der Waals surface area contributed by atoms with E-state index >= 15 is 0 Å². The molecule has 4 aromatic rings. The van der Waals surface area contributed by atoms with E-state index in [1.807, 2.05) is 6.07 Å². The largest absolute Gasteiger partial charge is 0.329 e. The van der Waals surface area contributed by atoms with Crippen LogP contribution < -0.4 is 10.5 Å². The lowest BCUT2D eigenvalue weighted by atomic mass is 9.85. The summed E-state index contributed by atoms with van der Waals surface area (Å²) >= 11 is 0.